The number of nitrogens with one attached hydrogen (secondary N) is 1. The predicted molar refractivity (Wildman–Crippen MR) is 75.7 cm³/mol. The van der Waals surface area contributed by atoms with Crippen LogP contribution in [0.25, 0.3) is 0 Å². The Labute approximate surface area is 118 Å². The van der Waals surface area contributed by atoms with Crippen molar-refractivity contribution in [2.24, 2.45) is 5.41 Å². The second kappa shape index (κ2) is 6.93. The predicted octanol–water partition coefficient (Wildman–Crippen LogP) is 1.99. The van der Waals surface area contributed by atoms with Crippen molar-refractivity contribution in [3.8, 4) is 5.75 Å². The van der Waals surface area contributed by atoms with Gasteiger partial charge in [-0.3, -0.25) is 9.59 Å². The van der Waals surface area contributed by atoms with Crippen molar-refractivity contribution in [2.75, 3.05) is 13.2 Å². The number of hydrogen-bond acceptors (Lipinski definition) is 3. The molecule has 5 nitrogen and oxygen atoms in total. The minimum atomic E-state index is -0.946. The van der Waals surface area contributed by atoms with Gasteiger partial charge in [0.05, 0.1) is 5.41 Å². The molecule has 0 heterocycles. The van der Waals surface area contributed by atoms with Gasteiger partial charge in [0, 0.05) is 6.54 Å². The van der Waals surface area contributed by atoms with Gasteiger partial charge in [-0.1, -0.05) is 25.1 Å². The average Bonchev–Trinajstić information content (AvgIpc) is 2.43. The van der Waals surface area contributed by atoms with Gasteiger partial charge in [-0.15, -0.1) is 0 Å². The number of amides is 1. The maximum absolute atomic E-state index is 11.7. The van der Waals surface area contributed by atoms with E-state index >= 15 is 0 Å². The molecule has 1 aromatic rings. The molecule has 0 saturated carbocycles. The Balaban J connectivity index is 2.45. The van der Waals surface area contributed by atoms with Crippen molar-refractivity contribution in [2.45, 2.75) is 27.2 Å². The number of carboxylic acid groups (broad SMARTS) is 1. The SMILES string of the molecule is CCC(C)(CNC(=O)COc1ccccc1C)C(=O)O. The van der Waals surface area contributed by atoms with E-state index < -0.39 is 11.4 Å². The number of rotatable bonds is 7. The van der Waals surface area contributed by atoms with Gasteiger partial charge in [0.15, 0.2) is 6.61 Å². The Kier molecular flexibility index (Phi) is 5.55. The standard InChI is InChI=1S/C15H21NO4/c1-4-15(3,14(18)19)10-16-13(17)9-20-12-8-6-5-7-11(12)2/h5-8H,4,9-10H2,1-3H3,(H,16,17)(H,18,19). The Morgan fingerprint density at radius 1 is 1.35 bits per heavy atom. The third-order valence-corrected chi connectivity index (χ3v) is 3.42. The van der Waals surface area contributed by atoms with Gasteiger partial charge in [-0.25, -0.2) is 0 Å². The smallest absolute Gasteiger partial charge is 0.311 e. The highest BCUT2D eigenvalue weighted by Gasteiger charge is 2.31. The maximum atomic E-state index is 11.7. The largest absolute Gasteiger partial charge is 0.484 e. The number of benzene rings is 1. The van der Waals surface area contributed by atoms with Gasteiger partial charge in [0.25, 0.3) is 5.91 Å². The number of carbonyl (C=O) groups is 2. The number of carbonyl (C=O) groups excluding carboxylic acids is 1. The Hall–Kier alpha value is -2.04. The number of aliphatic carboxylic acids is 1. The van der Waals surface area contributed by atoms with Crippen molar-refractivity contribution >= 4 is 11.9 Å². The lowest BCUT2D eigenvalue weighted by Crippen LogP contribution is -2.42. The quantitative estimate of drug-likeness (QED) is 0.800. The molecule has 0 spiro atoms. The molecule has 0 aliphatic carbocycles. The number of carboxylic acids is 1. The lowest BCUT2D eigenvalue weighted by atomic mass is 9.88. The van der Waals surface area contributed by atoms with E-state index in [1.54, 1.807) is 19.9 Å². The molecule has 0 fully saturated rings. The van der Waals surface area contributed by atoms with E-state index in [4.69, 9.17) is 9.84 Å². The van der Waals surface area contributed by atoms with E-state index in [0.29, 0.717) is 12.2 Å². The van der Waals surface area contributed by atoms with E-state index in [1.807, 2.05) is 25.1 Å². The third-order valence-electron chi connectivity index (χ3n) is 3.42. The molecule has 2 N–H and O–H groups in total. The summed E-state index contributed by atoms with van der Waals surface area (Å²) < 4.78 is 5.40. The van der Waals surface area contributed by atoms with Crippen molar-refractivity contribution in [3.63, 3.8) is 0 Å². The van der Waals surface area contributed by atoms with E-state index in [-0.39, 0.29) is 19.1 Å². The van der Waals surface area contributed by atoms with Crippen LogP contribution in [0.4, 0.5) is 0 Å². The first kappa shape index (κ1) is 16.0. The minimum Gasteiger partial charge on any atom is -0.484 e. The van der Waals surface area contributed by atoms with Gasteiger partial charge in [-0.05, 0) is 31.9 Å². The van der Waals surface area contributed by atoms with Gasteiger partial charge < -0.3 is 15.2 Å². The van der Waals surface area contributed by atoms with Crippen LogP contribution in [0.5, 0.6) is 5.75 Å². The lowest BCUT2D eigenvalue weighted by molar-refractivity contribution is -0.148. The van der Waals surface area contributed by atoms with Crippen LogP contribution in [0.3, 0.4) is 0 Å². The van der Waals surface area contributed by atoms with Crippen LogP contribution in [-0.2, 0) is 9.59 Å². The number of hydrogen-bond donors (Lipinski definition) is 2. The summed E-state index contributed by atoms with van der Waals surface area (Å²) in [6, 6.07) is 7.41. The molecular weight excluding hydrogens is 258 g/mol. The first-order valence-corrected chi connectivity index (χ1v) is 6.57. The van der Waals surface area contributed by atoms with E-state index in [0.717, 1.165) is 5.56 Å². The molecule has 0 radical (unpaired) electrons. The third kappa shape index (κ3) is 4.26. The normalized spacial score (nSPS) is 13.3. The zero-order valence-corrected chi connectivity index (χ0v) is 12.1. The van der Waals surface area contributed by atoms with Crippen molar-refractivity contribution in [1.29, 1.82) is 0 Å². The summed E-state index contributed by atoms with van der Waals surface area (Å²) in [6.07, 6.45) is 0.446. The average molecular weight is 279 g/mol. The Bertz CT molecular complexity index is 487. The van der Waals surface area contributed by atoms with Crippen LogP contribution in [0, 0.1) is 12.3 Å². The monoisotopic (exact) mass is 279 g/mol. The number of aryl methyl sites for hydroxylation is 1. The highest BCUT2D eigenvalue weighted by atomic mass is 16.5. The zero-order chi connectivity index (χ0) is 15.2. The first-order chi connectivity index (χ1) is 9.39. The van der Waals surface area contributed by atoms with E-state index in [1.165, 1.54) is 0 Å². The molecule has 0 aromatic heterocycles. The van der Waals surface area contributed by atoms with Crippen LogP contribution in [0.15, 0.2) is 24.3 Å². The van der Waals surface area contributed by atoms with Crippen molar-refractivity contribution < 1.29 is 19.4 Å². The maximum Gasteiger partial charge on any atom is 0.311 e. The second-order valence-electron chi connectivity index (χ2n) is 5.05. The molecule has 110 valence electrons. The van der Waals surface area contributed by atoms with Gasteiger partial charge in [0.1, 0.15) is 5.75 Å². The lowest BCUT2D eigenvalue weighted by Gasteiger charge is -2.23. The summed E-state index contributed by atoms with van der Waals surface area (Å²) in [4.78, 5) is 22.8. The van der Waals surface area contributed by atoms with E-state index in [9.17, 15) is 9.59 Å². The fourth-order valence-electron chi connectivity index (χ4n) is 1.56. The van der Waals surface area contributed by atoms with Crippen LogP contribution >= 0.6 is 0 Å². The summed E-state index contributed by atoms with van der Waals surface area (Å²) in [5.41, 5.74) is 0.00226. The Morgan fingerprint density at radius 3 is 2.55 bits per heavy atom. The summed E-state index contributed by atoms with van der Waals surface area (Å²) in [6.45, 7) is 5.26. The summed E-state index contributed by atoms with van der Waals surface area (Å²) in [5, 5.41) is 11.7. The molecule has 1 unspecified atom stereocenters. The fraction of sp³-hybridized carbons (Fsp3) is 0.467. The number of para-hydroxylation sites is 1. The van der Waals surface area contributed by atoms with Gasteiger partial charge >= 0.3 is 5.97 Å². The van der Waals surface area contributed by atoms with Crippen LogP contribution in [0.2, 0.25) is 0 Å². The molecule has 1 rings (SSSR count). The van der Waals surface area contributed by atoms with Crippen molar-refractivity contribution in [3.05, 3.63) is 29.8 Å². The Morgan fingerprint density at radius 2 is 2.00 bits per heavy atom. The fourth-order valence-corrected chi connectivity index (χ4v) is 1.56. The van der Waals surface area contributed by atoms with Crippen LogP contribution in [-0.4, -0.2) is 30.1 Å². The van der Waals surface area contributed by atoms with Crippen LogP contribution in [0.1, 0.15) is 25.8 Å². The number of ether oxygens (including phenoxy) is 1. The molecule has 5 heteroatoms. The summed E-state index contributed by atoms with van der Waals surface area (Å²) >= 11 is 0. The first-order valence-electron chi connectivity index (χ1n) is 6.57. The molecule has 1 atom stereocenters. The molecule has 0 bridgehead atoms. The topological polar surface area (TPSA) is 75.6 Å². The summed E-state index contributed by atoms with van der Waals surface area (Å²) in [5.74, 6) is -0.589. The molecule has 0 saturated heterocycles. The van der Waals surface area contributed by atoms with Gasteiger partial charge in [0.2, 0.25) is 0 Å². The highest BCUT2D eigenvalue weighted by Crippen LogP contribution is 2.20. The molecule has 20 heavy (non-hydrogen) atoms. The molecule has 0 aliphatic heterocycles. The second-order valence-corrected chi connectivity index (χ2v) is 5.05. The highest BCUT2D eigenvalue weighted by molar-refractivity contribution is 5.79. The molecule has 1 aromatic carbocycles. The van der Waals surface area contributed by atoms with Crippen molar-refractivity contribution in [1.82, 2.24) is 5.32 Å². The molecular formula is C15H21NO4. The molecule has 0 aliphatic rings. The van der Waals surface area contributed by atoms with Gasteiger partial charge in [-0.2, -0.15) is 0 Å². The minimum absolute atomic E-state index is 0.0921. The molecule has 1 amide bonds. The van der Waals surface area contributed by atoms with Crippen LogP contribution < -0.4 is 10.1 Å². The van der Waals surface area contributed by atoms with E-state index in [2.05, 4.69) is 5.32 Å². The zero-order valence-electron chi connectivity index (χ0n) is 12.1. The summed E-state index contributed by atoms with van der Waals surface area (Å²) in [7, 11) is 0.